The van der Waals surface area contributed by atoms with Crippen LogP contribution in [0.5, 0.6) is 0 Å². The van der Waals surface area contributed by atoms with E-state index in [0.717, 1.165) is 0 Å². The van der Waals surface area contributed by atoms with Crippen LogP contribution in [0.3, 0.4) is 0 Å². The van der Waals surface area contributed by atoms with Crippen molar-refractivity contribution < 1.29 is 12.6 Å². The molecule has 0 radical (unpaired) electrons. The number of hydrogen-bond acceptors (Lipinski definition) is 3. The Morgan fingerprint density at radius 3 is 2.56 bits per heavy atom. The van der Waals surface area contributed by atoms with Gasteiger partial charge in [0.1, 0.15) is 0 Å². The van der Waals surface area contributed by atoms with Gasteiger partial charge in [0.05, 0.1) is 6.61 Å². The van der Waals surface area contributed by atoms with E-state index >= 15 is 0 Å². The summed E-state index contributed by atoms with van der Waals surface area (Å²) in [6, 6.07) is 0. The van der Waals surface area contributed by atoms with Crippen LogP contribution in [0.1, 0.15) is 6.92 Å². The summed E-state index contributed by atoms with van der Waals surface area (Å²) in [4.78, 5) is 0. The first kappa shape index (κ1) is 8.94. The molecule has 0 heterocycles. The van der Waals surface area contributed by atoms with Crippen molar-refractivity contribution in [2.75, 3.05) is 6.61 Å². The Balaban J connectivity index is 3.53. The fourth-order valence-corrected chi connectivity index (χ4v) is 0.612. The van der Waals surface area contributed by atoms with Crippen molar-refractivity contribution in [3.8, 4) is 0 Å². The molecule has 0 fully saturated rings. The minimum atomic E-state index is -3.78. The molecule has 0 saturated carbocycles. The molecule has 0 N–H and O–H groups in total. The Morgan fingerprint density at radius 1 is 1.67 bits per heavy atom. The maximum atomic E-state index is 10.0. The molecule has 0 saturated heterocycles. The second kappa shape index (κ2) is 3.87. The third kappa shape index (κ3) is 7.94. The molecule has 3 nitrogen and oxygen atoms in total. The van der Waals surface area contributed by atoms with Crippen LogP contribution in [0.25, 0.3) is 0 Å². The van der Waals surface area contributed by atoms with Crippen molar-refractivity contribution in [3.05, 3.63) is 12.2 Å². The molecule has 0 spiro atoms. The van der Waals surface area contributed by atoms with Gasteiger partial charge < -0.3 is 0 Å². The van der Waals surface area contributed by atoms with Gasteiger partial charge in [0.25, 0.3) is 0 Å². The van der Waals surface area contributed by atoms with Crippen molar-refractivity contribution in [2.45, 2.75) is 6.92 Å². The molecule has 9 heavy (non-hydrogen) atoms. The molecule has 0 bridgehead atoms. The average molecular weight is 171 g/mol. The molecule has 0 rings (SSSR count). The molecule has 0 aliphatic carbocycles. The lowest BCUT2D eigenvalue weighted by Crippen LogP contribution is -1.95. The molecule has 0 aliphatic heterocycles. The van der Waals surface area contributed by atoms with Crippen LogP contribution in [0.15, 0.2) is 12.2 Å². The Hall–Kier alpha value is -0.0600. The summed E-state index contributed by atoms with van der Waals surface area (Å²) in [5.41, 5.74) is 0. The summed E-state index contributed by atoms with van der Waals surface area (Å²) in [6.07, 6.45) is 3.21. The van der Waals surface area contributed by atoms with Crippen LogP contribution in [-0.4, -0.2) is 15.0 Å². The molecule has 0 unspecified atom stereocenters. The van der Waals surface area contributed by atoms with Gasteiger partial charge in [-0.2, -0.15) is 8.42 Å². The van der Waals surface area contributed by atoms with Crippen molar-refractivity contribution in [3.63, 3.8) is 0 Å². The van der Waals surface area contributed by atoms with E-state index in [4.69, 9.17) is 0 Å². The molecule has 54 valence electrons. The maximum Gasteiger partial charge on any atom is 0.355 e. The van der Waals surface area contributed by atoms with Gasteiger partial charge in [-0.1, -0.05) is 12.2 Å². The van der Waals surface area contributed by atoms with E-state index in [2.05, 4.69) is 14.9 Å². The molecule has 0 aromatic rings. The minimum Gasteiger partial charge on any atom is -0.254 e. The highest BCUT2D eigenvalue weighted by Crippen LogP contribution is 1.97. The molecule has 0 atom stereocenters. The normalized spacial score (nSPS) is 12.7. The lowest BCUT2D eigenvalue weighted by atomic mass is 10.6. The van der Waals surface area contributed by atoms with E-state index in [1.54, 1.807) is 19.1 Å². The quantitative estimate of drug-likeness (QED) is 0.470. The van der Waals surface area contributed by atoms with Crippen LogP contribution >= 0.6 is 10.7 Å². The molecular formula is C4H7ClO3S. The van der Waals surface area contributed by atoms with Gasteiger partial charge in [-0.05, 0) is 6.92 Å². The van der Waals surface area contributed by atoms with Crippen LogP contribution in [0.4, 0.5) is 0 Å². The van der Waals surface area contributed by atoms with Gasteiger partial charge in [0.2, 0.25) is 0 Å². The standard InChI is InChI=1S/C4H7ClO3S/c1-2-3-4-8-9(5,6)7/h2-3H,4H2,1H3. The highest BCUT2D eigenvalue weighted by atomic mass is 35.7. The van der Waals surface area contributed by atoms with Gasteiger partial charge in [-0.25, -0.2) is 0 Å². The first-order valence-corrected chi connectivity index (χ1v) is 4.50. The van der Waals surface area contributed by atoms with Gasteiger partial charge in [0, 0.05) is 10.7 Å². The monoisotopic (exact) mass is 170 g/mol. The zero-order valence-electron chi connectivity index (χ0n) is 4.87. The van der Waals surface area contributed by atoms with E-state index in [9.17, 15) is 8.42 Å². The Bertz CT molecular complexity index is 182. The molecular weight excluding hydrogens is 164 g/mol. The molecule has 5 heteroatoms. The maximum absolute atomic E-state index is 10.0. The second-order valence-corrected chi connectivity index (χ2v) is 3.40. The smallest absolute Gasteiger partial charge is 0.254 e. The van der Waals surface area contributed by atoms with Crippen molar-refractivity contribution in [1.82, 2.24) is 0 Å². The van der Waals surface area contributed by atoms with Crippen molar-refractivity contribution >= 4 is 20.0 Å². The second-order valence-electron chi connectivity index (χ2n) is 1.25. The van der Waals surface area contributed by atoms with E-state index in [-0.39, 0.29) is 6.61 Å². The lowest BCUT2D eigenvalue weighted by molar-refractivity contribution is 0.369. The number of allylic oxidation sites excluding steroid dienone is 1. The Morgan fingerprint density at radius 2 is 2.22 bits per heavy atom. The molecule has 0 amide bonds. The lowest BCUT2D eigenvalue weighted by Gasteiger charge is -1.90. The molecule has 0 aromatic heterocycles. The summed E-state index contributed by atoms with van der Waals surface area (Å²) in [5.74, 6) is 0. The van der Waals surface area contributed by atoms with Gasteiger partial charge in [0.15, 0.2) is 0 Å². The van der Waals surface area contributed by atoms with E-state index in [1.165, 1.54) is 0 Å². The third-order valence-corrected chi connectivity index (χ3v) is 1.23. The molecule has 0 aliphatic rings. The highest BCUT2D eigenvalue weighted by molar-refractivity contribution is 8.09. The first-order valence-electron chi connectivity index (χ1n) is 2.26. The van der Waals surface area contributed by atoms with Crippen LogP contribution in [-0.2, 0) is 13.5 Å². The predicted octanol–water partition coefficient (Wildman–Crippen LogP) is 1.06. The zero-order valence-corrected chi connectivity index (χ0v) is 6.45. The van der Waals surface area contributed by atoms with Crippen molar-refractivity contribution in [2.24, 2.45) is 0 Å². The summed E-state index contributed by atoms with van der Waals surface area (Å²) in [7, 11) is 0.910. The summed E-state index contributed by atoms with van der Waals surface area (Å²) in [5, 5.41) is 0. The third-order valence-electron chi connectivity index (χ3n) is 0.541. The average Bonchev–Trinajstić information content (AvgIpc) is 1.63. The van der Waals surface area contributed by atoms with Gasteiger partial charge in [-0.3, -0.25) is 4.18 Å². The van der Waals surface area contributed by atoms with Gasteiger partial charge in [-0.15, -0.1) is 0 Å². The van der Waals surface area contributed by atoms with E-state index in [0.29, 0.717) is 0 Å². The largest absolute Gasteiger partial charge is 0.355 e. The minimum absolute atomic E-state index is 0.00231. The Kier molecular flexibility index (Phi) is 3.84. The summed E-state index contributed by atoms with van der Waals surface area (Å²) in [6.45, 7) is 1.76. The van der Waals surface area contributed by atoms with Crippen LogP contribution < -0.4 is 0 Å². The first-order chi connectivity index (χ1) is 4.06. The predicted molar refractivity (Wildman–Crippen MR) is 35.5 cm³/mol. The van der Waals surface area contributed by atoms with E-state index < -0.39 is 9.33 Å². The van der Waals surface area contributed by atoms with Crippen LogP contribution in [0, 0.1) is 0 Å². The molecule has 0 aromatic carbocycles. The summed E-state index contributed by atoms with van der Waals surface area (Å²) < 4.78 is 24.2. The topological polar surface area (TPSA) is 43.4 Å². The zero-order chi connectivity index (χ0) is 7.33. The SMILES string of the molecule is CC=CCOS(=O)(=O)Cl. The van der Waals surface area contributed by atoms with Gasteiger partial charge >= 0.3 is 9.33 Å². The highest BCUT2D eigenvalue weighted by Gasteiger charge is 2.00. The Labute approximate surface area is 58.9 Å². The van der Waals surface area contributed by atoms with Crippen LogP contribution in [0.2, 0.25) is 0 Å². The van der Waals surface area contributed by atoms with E-state index in [1.807, 2.05) is 0 Å². The number of hydrogen-bond donors (Lipinski definition) is 0. The fourth-order valence-electron chi connectivity index (χ4n) is 0.217. The number of halogens is 1. The fraction of sp³-hybridized carbons (Fsp3) is 0.500. The van der Waals surface area contributed by atoms with Crippen molar-refractivity contribution in [1.29, 1.82) is 0 Å². The summed E-state index contributed by atoms with van der Waals surface area (Å²) >= 11 is 0. The number of rotatable bonds is 3.